The molecule has 0 bridgehead atoms. The third-order valence-corrected chi connectivity index (χ3v) is 2.75. The molecule has 0 aromatic heterocycles. The van der Waals surface area contributed by atoms with Gasteiger partial charge in [-0.1, -0.05) is 11.6 Å². The van der Waals surface area contributed by atoms with Crippen molar-refractivity contribution in [1.29, 1.82) is 0 Å². The zero-order valence-corrected chi connectivity index (χ0v) is 11.8. The zero-order chi connectivity index (χ0) is 14.4. The van der Waals surface area contributed by atoms with Crippen molar-refractivity contribution in [1.82, 2.24) is 5.43 Å². The van der Waals surface area contributed by atoms with Crippen LogP contribution in [0.3, 0.4) is 0 Å². The summed E-state index contributed by atoms with van der Waals surface area (Å²) in [5, 5.41) is 4.22. The van der Waals surface area contributed by atoms with E-state index in [1.54, 1.807) is 19.1 Å². The molecule has 7 heteroatoms. The number of hydrogen-bond acceptors (Lipinski definition) is 5. The van der Waals surface area contributed by atoms with E-state index in [1.165, 1.54) is 6.21 Å². The van der Waals surface area contributed by atoms with Crippen molar-refractivity contribution in [2.24, 2.45) is 5.10 Å². The van der Waals surface area contributed by atoms with Gasteiger partial charge in [-0.2, -0.15) is 5.10 Å². The number of nitrogens with zero attached hydrogens (tertiary/aromatic N) is 1. The van der Waals surface area contributed by atoms with Gasteiger partial charge in [0.2, 0.25) is 0 Å². The summed E-state index contributed by atoms with van der Waals surface area (Å²) in [7, 11) is 0. The van der Waals surface area contributed by atoms with Crippen LogP contribution in [-0.4, -0.2) is 32.1 Å². The Bertz CT molecular complexity index is 519. The minimum absolute atomic E-state index is 0.289. The van der Waals surface area contributed by atoms with Gasteiger partial charge in [-0.3, -0.25) is 0 Å². The largest absolute Gasteiger partial charge is 0.489 e. The molecule has 108 valence electrons. The Hall–Kier alpha value is -1.95. The molecule has 0 fully saturated rings. The van der Waals surface area contributed by atoms with Gasteiger partial charge in [-0.05, 0) is 24.6 Å². The van der Waals surface area contributed by atoms with Gasteiger partial charge in [0.1, 0.15) is 0 Å². The van der Waals surface area contributed by atoms with Crippen LogP contribution < -0.4 is 14.9 Å². The minimum Gasteiger partial charge on any atom is -0.489 e. The quantitative estimate of drug-likeness (QED) is 0.688. The van der Waals surface area contributed by atoms with Crippen molar-refractivity contribution in [3.8, 4) is 11.5 Å². The van der Waals surface area contributed by atoms with Crippen LogP contribution in [0, 0.1) is 0 Å². The van der Waals surface area contributed by atoms with Crippen LogP contribution in [0.2, 0.25) is 5.02 Å². The van der Waals surface area contributed by atoms with Gasteiger partial charge in [-0.15, -0.1) is 0 Å². The Labute approximate surface area is 121 Å². The predicted octanol–water partition coefficient (Wildman–Crippen LogP) is 2.58. The van der Waals surface area contributed by atoms with Crippen LogP contribution in [0.25, 0.3) is 0 Å². The van der Waals surface area contributed by atoms with Crippen LogP contribution in [0.4, 0.5) is 4.79 Å². The lowest BCUT2D eigenvalue weighted by Gasteiger charge is -2.09. The highest BCUT2D eigenvalue weighted by Gasteiger charge is 2.15. The van der Waals surface area contributed by atoms with Crippen LogP contribution in [-0.2, 0) is 4.74 Å². The number of carbonyl (C=O) groups is 1. The predicted molar refractivity (Wildman–Crippen MR) is 74.8 cm³/mol. The van der Waals surface area contributed by atoms with Gasteiger partial charge in [0.25, 0.3) is 0 Å². The van der Waals surface area contributed by atoms with E-state index in [1.807, 2.05) is 0 Å². The van der Waals surface area contributed by atoms with Crippen molar-refractivity contribution in [3.63, 3.8) is 0 Å². The minimum atomic E-state index is -0.607. The SMILES string of the molecule is CCOC(=O)N/N=C\c1cc(Cl)c2c(c1)OCCCO2. The first-order chi connectivity index (χ1) is 9.70. The van der Waals surface area contributed by atoms with Crippen LogP contribution >= 0.6 is 11.6 Å². The number of fused-ring (bicyclic) bond motifs is 1. The van der Waals surface area contributed by atoms with E-state index >= 15 is 0 Å². The van der Waals surface area contributed by atoms with Crippen molar-refractivity contribution in [3.05, 3.63) is 22.7 Å². The summed E-state index contributed by atoms with van der Waals surface area (Å²) < 4.78 is 15.7. The normalized spacial score (nSPS) is 13.9. The highest BCUT2D eigenvalue weighted by atomic mass is 35.5. The molecule has 6 nitrogen and oxygen atoms in total. The highest BCUT2D eigenvalue weighted by molar-refractivity contribution is 6.32. The molecule has 1 aromatic rings. The number of hydrogen-bond donors (Lipinski definition) is 1. The first kappa shape index (κ1) is 14.5. The summed E-state index contributed by atoms with van der Waals surface area (Å²) in [4.78, 5) is 11.1. The second-order valence-corrected chi connectivity index (χ2v) is 4.38. The Morgan fingerprint density at radius 2 is 2.30 bits per heavy atom. The second kappa shape index (κ2) is 7.00. The van der Waals surface area contributed by atoms with Gasteiger partial charge in [0, 0.05) is 6.42 Å². The van der Waals surface area contributed by atoms with E-state index in [9.17, 15) is 4.79 Å². The Morgan fingerprint density at radius 3 is 3.10 bits per heavy atom. The van der Waals surface area contributed by atoms with E-state index < -0.39 is 6.09 Å². The lowest BCUT2D eigenvalue weighted by Crippen LogP contribution is -2.18. The van der Waals surface area contributed by atoms with Crippen molar-refractivity contribution < 1.29 is 19.0 Å². The third kappa shape index (κ3) is 3.77. The summed E-state index contributed by atoms with van der Waals surface area (Å²) in [6.07, 6.45) is 1.65. The number of nitrogens with one attached hydrogen (secondary N) is 1. The molecule has 2 rings (SSSR count). The maximum atomic E-state index is 11.1. The Balaban J connectivity index is 2.09. The van der Waals surface area contributed by atoms with E-state index in [0.717, 1.165) is 6.42 Å². The molecule has 0 spiro atoms. The number of benzene rings is 1. The monoisotopic (exact) mass is 298 g/mol. The number of rotatable bonds is 3. The first-order valence-electron chi connectivity index (χ1n) is 6.25. The zero-order valence-electron chi connectivity index (χ0n) is 11.0. The van der Waals surface area contributed by atoms with Crippen molar-refractivity contribution in [2.45, 2.75) is 13.3 Å². The fraction of sp³-hybridized carbons (Fsp3) is 0.385. The van der Waals surface area contributed by atoms with E-state index in [2.05, 4.69) is 15.3 Å². The Kier molecular flexibility index (Phi) is 5.06. The molecule has 1 N–H and O–H groups in total. The van der Waals surface area contributed by atoms with E-state index in [0.29, 0.717) is 35.3 Å². The van der Waals surface area contributed by atoms with Gasteiger partial charge in [0.05, 0.1) is 31.1 Å². The molecule has 0 radical (unpaired) electrons. The molecule has 1 heterocycles. The number of carbonyl (C=O) groups excluding carboxylic acids is 1. The van der Waals surface area contributed by atoms with Gasteiger partial charge < -0.3 is 14.2 Å². The molecule has 1 amide bonds. The third-order valence-electron chi connectivity index (χ3n) is 2.47. The molecule has 0 aliphatic carbocycles. The second-order valence-electron chi connectivity index (χ2n) is 3.97. The van der Waals surface area contributed by atoms with Crippen LogP contribution in [0.5, 0.6) is 11.5 Å². The summed E-state index contributed by atoms with van der Waals surface area (Å²) in [6.45, 7) is 3.15. The van der Waals surface area contributed by atoms with Gasteiger partial charge in [0.15, 0.2) is 11.5 Å². The molecular formula is C13H15ClN2O4. The average Bonchev–Trinajstić information content (AvgIpc) is 2.64. The molecule has 0 atom stereocenters. The maximum absolute atomic E-state index is 11.1. The van der Waals surface area contributed by atoms with Crippen LogP contribution in [0.1, 0.15) is 18.9 Å². The molecule has 1 aromatic carbocycles. The molecule has 0 saturated heterocycles. The number of halogens is 1. The fourth-order valence-electron chi connectivity index (χ4n) is 1.65. The molecule has 0 unspecified atom stereocenters. The smallest absolute Gasteiger partial charge is 0.427 e. The fourth-order valence-corrected chi connectivity index (χ4v) is 1.92. The number of ether oxygens (including phenoxy) is 3. The average molecular weight is 299 g/mol. The molecule has 0 saturated carbocycles. The summed E-state index contributed by atoms with van der Waals surface area (Å²) in [5.74, 6) is 1.12. The van der Waals surface area contributed by atoms with E-state index in [4.69, 9.17) is 21.1 Å². The molecule has 20 heavy (non-hydrogen) atoms. The highest BCUT2D eigenvalue weighted by Crippen LogP contribution is 2.37. The number of amides is 1. The lowest BCUT2D eigenvalue weighted by atomic mass is 10.2. The summed E-state index contributed by atoms with van der Waals surface area (Å²) in [6, 6.07) is 3.44. The van der Waals surface area contributed by atoms with Crippen LogP contribution in [0.15, 0.2) is 17.2 Å². The van der Waals surface area contributed by atoms with Gasteiger partial charge in [-0.25, -0.2) is 10.2 Å². The lowest BCUT2D eigenvalue weighted by molar-refractivity contribution is 0.152. The maximum Gasteiger partial charge on any atom is 0.427 e. The summed E-state index contributed by atoms with van der Waals surface area (Å²) in [5.41, 5.74) is 2.93. The molecule has 1 aliphatic heterocycles. The van der Waals surface area contributed by atoms with Crippen molar-refractivity contribution in [2.75, 3.05) is 19.8 Å². The molecular weight excluding hydrogens is 284 g/mol. The van der Waals surface area contributed by atoms with Gasteiger partial charge >= 0.3 is 6.09 Å². The Morgan fingerprint density at radius 1 is 1.50 bits per heavy atom. The summed E-state index contributed by atoms with van der Waals surface area (Å²) >= 11 is 6.13. The molecule has 1 aliphatic rings. The topological polar surface area (TPSA) is 69.2 Å². The first-order valence-corrected chi connectivity index (χ1v) is 6.63. The number of hydrazone groups is 1. The standard InChI is InChI=1S/C13H15ClN2O4/c1-2-18-13(17)16-15-8-9-6-10(14)12-11(7-9)19-4-3-5-20-12/h6-8H,2-5H2,1H3,(H,16,17)/b15-8-. The van der Waals surface area contributed by atoms with Crippen molar-refractivity contribution >= 4 is 23.9 Å². The van der Waals surface area contributed by atoms with E-state index in [-0.39, 0.29) is 6.61 Å².